The number of aliphatic imine (C=N–C) groups is 1. The molecule has 0 aromatic carbocycles. The molecule has 1 aliphatic rings. The van der Waals surface area contributed by atoms with Gasteiger partial charge in [0.25, 0.3) is 0 Å². The van der Waals surface area contributed by atoms with Gasteiger partial charge in [-0.05, 0) is 46.5 Å². The lowest BCUT2D eigenvalue weighted by molar-refractivity contribution is 0.580. The molecule has 0 heterocycles. The minimum absolute atomic E-state index is 0.132. The Morgan fingerprint density at radius 3 is 2.10 bits per heavy atom. The Morgan fingerprint density at radius 2 is 1.80 bits per heavy atom. The van der Waals surface area contributed by atoms with Crippen molar-refractivity contribution in [1.82, 2.24) is 0 Å². The lowest BCUT2D eigenvalue weighted by Crippen LogP contribution is -2.13. The fourth-order valence-electron chi connectivity index (χ4n) is 1.12. The van der Waals surface area contributed by atoms with Gasteiger partial charge >= 0.3 is 0 Å². The topological polar surface area (TPSA) is 12.4 Å². The van der Waals surface area contributed by atoms with Crippen LogP contribution in [0.5, 0.6) is 0 Å². The van der Waals surface area contributed by atoms with E-state index < -0.39 is 0 Å². The molecule has 0 aromatic rings. The summed E-state index contributed by atoms with van der Waals surface area (Å²) < 4.78 is 0. The molecule has 0 radical (unpaired) electrons. The predicted octanol–water partition coefficient (Wildman–Crippen LogP) is 2.66. The van der Waals surface area contributed by atoms with Crippen LogP contribution in [0.1, 0.15) is 40.5 Å². The average Bonchev–Trinajstić information content (AvgIpc) is 2.35. The molecule has 1 fully saturated rings. The second kappa shape index (κ2) is 2.37. The van der Waals surface area contributed by atoms with Gasteiger partial charge in [-0.25, -0.2) is 0 Å². The van der Waals surface area contributed by atoms with Crippen LogP contribution in [0.15, 0.2) is 4.99 Å². The summed E-state index contributed by atoms with van der Waals surface area (Å²) in [5.41, 5.74) is 1.49. The molecule has 0 N–H and O–H groups in total. The zero-order valence-electron chi connectivity index (χ0n) is 7.44. The second-order valence-corrected chi connectivity index (χ2v) is 4.20. The van der Waals surface area contributed by atoms with Gasteiger partial charge in [0.2, 0.25) is 0 Å². The molecule has 0 spiro atoms. The Labute approximate surface area is 63.5 Å². The highest BCUT2D eigenvalue weighted by molar-refractivity contribution is 5.86. The molecule has 0 saturated heterocycles. The van der Waals surface area contributed by atoms with Crippen molar-refractivity contribution in [3.8, 4) is 0 Å². The standard InChI is InChI=1S/C9H17N/c1-7(8-5-6-8)10-9(2,3)4/h8H,5-6H2,1-4H3. The van der Waals surface area contributed by atoms with Gasteiger partial charge in [-0.1, -0.05) is 0 Å². The number of nitrogens with zero attached hydrogens (tertiary/aromatic N) is 1. The van der Waals surface area contributed by atoms with Crippen LogP contribution in [0, 0.1) is 5.92 Å². The van der Waals surface area contributed by atoms with E-state index in [1.807, 2.05) is 0 Å². The summed E-state index contributed by atoms with van der Waals surface area (Å²) in [7, 11) is 0. The lowest BCUT2D eigenvalue weighted by atomic mass is 10.1. The van der Waals surface area contributed by atoms with Crippen LogP contribution in [0.4, 0.5) is 0 Å². The van der Waals surface area contributed by atoms with Gasteiger partial charge in [-0.15, -0.1) is 0 Å². The molecule has 0 unspecified atom stereocenters. The van der Waals surface area contributed by atoms with Gasteiger partial charge in [-0.3, -0.25) is 4.99 Å². The Morgan fingerprint density at radius 1 is 1.30 bits per heavy atom. The Hall–Kier alpha value is -0.330. The lowest BCUT2D eigenvalue weighted by Gasteiger charge is -2.13. The SMILES string of the molecule is CC(=NC(C)(C)C)C1CC1. The van der Waals surface area contributed by atoms with E-state index in [2.05, 4.69) is 32.7 Å². The van der Waals surface area contributed by atoms with Crippen LogP contribution in [-0.4, -0.2) is 11.3 Å². The van der Waals surface area contributed by atoms with E-state index in [1.165, 1.54) is 18.6 Å². The van der Waals surface area contributed by atoms with Gasteiger partial charge in [0.15, 0.2) is 0 Å². The molecular weight excluding hydrogens is 122 g/mol. The highest BCUT2D eigenvalue weighted by Gasteiger charge is 2.25. The molecule has 1 nitrogen and oxygen atoms in total. The van der Waals surface area contributed by atoms with Crippen molar-refractivity contribution in [2.75, 3.05) is 0 Å². The van der Waals surface area contributed by atoms with E-state index in [9.17, 15) is 0 Å². The number of hydrogen-bond donors (Lipinski definition) is 0. The van der Waals surface area contributed by atoms with Gasteiger partial charge < -0.3 is 0 Å². The Balaban J connectivity index is 2.51. The normalized spacial score (nSPS) is 21.4. The Kier molecular flexibility index (Phi) is 1.84. The van der Waals surface area contributed by atoms with Gasteiger partial charge in [0, 0.05) is 5.71 Å². The first-order valence-corrected chi connectivity index (χ1v) is 4.05. The highest BCUT2D eigenvalue weighted by atomic mass is 14.8. The van der Waals surface area contributed by atoms with Crippen molar-refractivity contribution < 1.29 is 0 Å². The summed E-state index contributed by atoms with van der Waals surface area (Å²) in [5, 5.41) is 0. The molecular formula is C9H17N. The molecule has 0 aromatic heterocycles. The monoisotopic (exact) mass is 139 g/mol. The third-order valence-electron chi connectivity index (χ3n) is 1.68. The maximum atomic E-state index is 4.59. The zero-order valence-corrected chi connectivity index (χ0v) is 7.44. The third kappa shape index (κ3) is 2.51. The number of hydrogen-bond acceptors (Lipinski definition) is 1. The Bertz CT molecular complexity index is 147. The maximum Gasteiger partial charge on any atom is 0.0523 e. The van der Waals surface area contributed by atoms with Crippen LogP contribution in [0.2, 0.25) is 0 Å². The van der Waals surface area contributed by atoms with Crippen LogP contribution >= 0.6 is 0 Å². The molecule has 0 bridgehead atoms. The van der Waals surface area contributed by atoms with E-state index in [1.54, 1.807) is 0 Å². The van der Waals surface area contributed by atoms with Gasteiger partial charge in [0.1, 0.15) is 0 Å². The summed E-state index contributed by atoms with van der Waals surface area (Å²) in [6.45, 7) is 8.61. The van der Waals surface area contributed by atoms with Crippen LogP contribution in [0.3, 0.4) is 0 Å². The van der Waals surface area contributed by atoms with Crippen molar-refractivity contribution >= 4 is 5.71 Å². The summed E-state index contributed by atoms with van der Waals surface area (Å²) >= 11 is 0. The zero-order chi connectivity index (χ0) is 7.78. The largest absolute Gasteiger partial charge is 0.288 e. The van der Waals surface area contributed by atoms with Crippen molar-refractivity contribution in [3.63, 3.8) is 0 Å². The molecule has 1 heteroatoms. The van der Waals surface area contributed by atoms with E-state index in [-0.39, 0.29) is 5.54 Å². The average molecular weight is 139 g/mol. The minimum Gasteiger partial charge on any atom is -0.288 e. The van der Waals surface area contributed by atoms with Gasteiger partial charge in [0.05, 0.1) is 5.54 Å². The molecule has 0 atom stereocenters. The van der Waals surface area contributed by atoms with Crippen molar-refractivity contribution in [2.24, 2.45) is 10.9 Å². The molecule has 10 heavy (non-hydrogen) atoms. The molecule has 1 rings (SSSR count). The maximum absolute atomic E-state index is 4.59. The second-order valence-electron chi connectivity index (χ2n) is 4.20. The van der Waals surface area contributed by atoms with E-state index in [4.69, 9.17) is 0 Å². The summed E-state index contributed by atoms with van der Waals surface area (Å²) in [4.78, 5) is 4.59. The van der Waals surface area contributed by atoms with E-state index in [0.29, 0.717) is 0 Å². The van der Waals surface area contributed by atoms with Crippen LogP contribution < -0.4 is 0 Å². The summed E-state index contributed by atoms with van der Waals surface area (Å²) in [6, 6.07) is 0. The first-order chi connectivity index (χ1) is 4.49. The van der Waals surface area contributed by atoms with Gasteiger partial charge in [-0.2, -0.15) is 0 Å². The van der Waals surface area contributed by atoms with Crippen molar-refractivity contribution in [3.05, 3.63) is 0 Å². The summed E-state index contributed by atoms with van der Waals surface area (Å²) in [6.07, 6.45) is 2.73. The van der Waals surface area contributed by atoms with Crippen molar-refractivity contribution in [2.45, 2.75) is 46.1 Å². The predicted molar refractivity (Wildman–Crippen MR) is 45.6 cm³/mol. The fraction of sp³-hybridized carbons (Fsp3) is 0.889. The molecule has 0 amide bonds. The van der Waals surface area contributed by atoms with E-state index in [0.717, 1.165) is 5.92 Å². The molecule has 58 valence electrons. The van der Waals surface area contributed by atoms with Crippen LogP contribution in [-0.2, 0) is 0 Å². The third-order valence-corrected chi connectivity index (χ3v) is 1.68. The first-order valence-electron chi connectivity index (χ1n) is 4.05. The molecule has 1 saturated carbocycles. The van der Waals surface area contributed by atoms with E-state index >= 15 is 0 Å². The van der Waals surface area contributed by atoms with Crippen molar-refractivity contribution in [1.29, 1.82) is 0 Å². The first kappa shape index (κ1) is 7.77. The fourth-order valence-corrected chi connectivity index (χ4v) is 1.12. The quantitative estimate of drug-likeness (QED) is 0.495. The van der Waals surface area contributed by atoms with Crippen LogP contribution in [0.25, 0.3) is 0 Å². The highest BCUT2D eigenvalue weighted by Crippen LogP contribution is 2.31. The minimum atomic E-state index is 0.132. The molecule has 0 aliphatic heterocycles. The molecule has 1 aliphatic carbocycles. The summed E-state index contributed by atoms with van der Waals surface area (Å²) in [5.74, 6) is 0.833. The smallest absolute Gasteiger partial charge is 0.0523 e. The number of rotatable bonds is 1.